The Morgan fingerprint density at radius 3 is 2.76 bits per heavy atom. The lowest BCUT2D eigenvalue weighted by atomic mass is 10.2. The summed E-state index contributed by atoms with van der Waals surface area (Å²) in [6.45, 7) is 3.74. The summed E-state index contributed by atoms with van der Waals surface area (Å²) < 4.78 is 1.08. The van der Waals surface area contributed by atoms with Crippen molar-refractivity contribution in [3.05, 3.63) is 52.3 Å². The normalized spacial score (nSPS) is 18.0. The number of halogens is 1. The van der Waals surface area contributed by atoms with E-state index in [9.17, 15) is 4.79 Å². The number of carbonyl (C=O) groups excluding carboxylic acids is 1. The highest BCUT2D eigenvalue weighted by Crippen LogP contribution is 2.22. The highest BCUT2D eigenvalue weighted by Gasteiger charge is 2.24. The molecule has 1 atom stereocenters. The fourth-order valence-corrected chi connectivity index (χ4v) is 2.99. The molecule has 2 heterocycles. The number of carbonyl (C=O) groups is 1. The molecule has 3 rings (SSSR count). The van der Waals surface area contributed by atoms with Crippen LogP contribution in [0.1, 0.15) is 22.5 Å². The average Bonchev–Trinajstić information content (AvgIpc) is 3.09. The molecule has 0 radical (unpaired) electrons. The average molecular weight is 348 g/mol. The van der Waals surface area contributed by atoms with Crippen molar-refractivity contribution in [2.45, 2.75) is 19.4 Å². The van der Waals surface area contributed by atoms with Crippen molar-refractivity contribution in [1.82, 2.24) is 10.3 Å². The number of rotatable bonds is 3. The van der Waals surface area contributed by atoms with E-state index >= 15 is 0 Å². The number of aromatic nitrogens is 1. The molecular formula is C16H18BrN3O. The van der Waals surface area contributed by atoms with Gasteiger partial charge >= 0.3 is 0 Å². The SMILES string of the molecule is Cc1[nH]ccc1C(=O)N[C@@H]1CCN(c2ccc(Br)cc2)C1. The van der Waals surface area contributed by atoms with Gasteiger partial charge in [0.2, 0.25) is 0 Å². The van der Waals surface area contributed by atoms with Crippen molar-refractivity contribution in [1.29, 1.82) is 0 Å². The molecule has 110 valence electrons. The minimum absolute atomic E-state index is 0.0106. The van der Waals surface area contributed by atoms with E-state index < -0.39 is 0 Å². The van der Waals surface area contributed by atoms with E-state index in [0.717, 1.165) is 35.2 Å². The third-order valence-corrected chi connectivity index (χ3v) is 4.44. The molecule has 5 heteroatoms. The number of hydrogen-bond acceptors (Lipinski definition) is 2. The Morgan fingerprint density at radius 2 is 2.10 bits per heavy atom. The van der Waals surface area contributed by atoms with E-state index in [4.69, 9.17) is 0 Å². The van der Waals surface area contributed by atoms with Crippen LogP contribution < -0.4 is 10.2 Å². The van der Waals surface area contributed by atoms with Gasteiger partial charge in [0.25, 0.3) is 5.91 Å². The van der Waals surface area contributed by atoms with Gasteiger partial charge < -0.3 is 15.2 Å². The van der Waals surface area contributed by atoms with E-state index in [1.54, 1.807) is 6.20 Å². The number of H-pyrrole nitrogens is 1. The molecule has 21 heavy (non-hydrogen) atoms. The zero-order valence-corrected chi connectivity index (χ0v) is 13.5. The smallest absolute Gasteiger partial charge is 0.253 e. The van der Waals surface area contributed by atoms with Gasteiger partial charge in [-0.3, -0.25) is 4.79 Å². The van der Waals surface area contributed by atoms with E-state index in [-0.39, 0.29) is 11.9 Å². The van der Waals surface area contributed by atoms with Gasteiger partial charge in [-0.1, -0.05) is 15.9 Å². The van der Waals surface area contributed by atoms with Gasteiger partial charge in [0, 0.05) is 41.2 Å². The first kappa shape index (κ1) is 14.2. The van der Waals surface area contributed by atoms with E-state index in [1.807, 2.05) is 25.1 Å². The quantitative estimate of drug-likeness (QED) is 0.896. The van der Waals surface area contributed by atoms with Crippen LogP contribution in [0, 0.1) is 6.92 Å². The zero-order valence-electron chi connectivity index (χ0n) is 11.9. The first-order valence-electron chi connectivity index (χ1n) is 7.09. The summed E-state index contributed by atoms with van der Waals surface area (Å²) in [6, 6.07) is 10.3. The van der Waals surface area contributed by atoms with Crippen LogP contribution in [-0.4, -0.2) is 30.0 Å². The van der Waals surface area contributed by atoms with Crippen molar-refractivity contribution >= 4 is 27.5 Å². The van der Waals surface area contributed by atoms with Crippen LogP contribution >= 0.6 is 15.9 Å². The van der Waals surface area contributed by atoms with Crippen LogP contribution in [0.25, 0.3) is 0 Å². The molecule has 0 unspecified atom stereocenters. The molecular weight excluding hydrogens is 330 g/mol. The largest absolute Gasteiger partial charge is 0.369 e. The molecule has 1 aliphatic rings. The summed E-state index contributed by atoms with van der Waals surface area (Å²) in [5.41, 5.74) is 2.85. The summed E-state index contributed by atoms with van der Waals surface area (Å²) in [5, 5.41) is 3.12. The minimum Gasteiger partial charge on any atom is -0.369 e. The van der Waals surface area contributed by atoms with Crippen LogP contribution in [-0.2, 0) is 0 Å². The van der Waals surface area contributed by atoms with Gasteiger partial charge in [-0.05, 0) is 43.7 Å². The monoisotopic (exact) mass is 347 g/mol. The Hall–Kier alpha value is -1.75. The van der Waals surface area contributed by atoms with Crippen LogP contribution in [0.4, 0.5) is 5.69 Å². The van der Waals surface area contributed by atoms with Crippen molar-refractivity contribution in [3.63, 3.8) is 0 Å². The minimum atomic E-state index is 0.0106. The van der Waals surface area contributed by atoms with E-state index in [1.165, 1.54) is 5.69 Å². The van der Waals surface area contributed by atoms with Crippen molar-refractivity contribution in [3.8, 4) is 0 Å². The maximum atomic E-state index is 12.2. The van der Waals surface area contributed by atoms with Crippen molar-refractivity contribution in [2.24, 2.45) is 0 Å². The Labute approximate surface area is 132 Å². The number of aryl methyl sites for hydroxylation is 1. The summed E-state index contributed by atoms with van der Waals surface area (Å²) in [4.78, 5) is 17.6. The third-order valence-electron chi connectivity index (χ3n) is 3.91. The molecule has 1 aromatic heterocycles. The maximum absolute atomic E-state index is 12.2. The molecule has 0 aliphatic carbocycles. The molecule has 4 nitrogen and oxygen atoms in total. The topological polar surface area (TPSA) is 48.1 Å². The molecule has 0 bridgehead atoms. The molecule has 2 aromatic rings. The molecule has 0 spiro atoms. The first-order chi connectivity index (χ1) is 10.1. The molecule has 1 fully saturated rings. The third kappa shape index (κ3) is 3.13. The fraction of sp³-hybridized carbons (Fsp3) is 0.312. The molecule has 2 N–H and O–H groups in total. The van der Waals surface area contributed by atoms with E-state index in [2.05, 4.69) is 43.3 Å². The number of anilines is 1. The Kier molecular flexibility index (Phi) is 4.01. The second-order valence-electron chi connectivity index (χ2n) is 5.40. The van der Waals surface area contributed by atoms with Gasteiger partial charge in [-0.2, -0.15) is 0 Å². The molecule has 1 amide bonds. The highest BCUT2D eigenvalue weighted by molar-refractivity contribution is 9.10. The predicted octanol–water partition coefficient (Wildman–Crippen LogP) is 3.09. The van der Waals surface area contributed by atoms with Crippen LogP contribution in [0.15, 0.2) is 41.0 Å². The molecule has 1 saturated heterocycles. The van der Waals surface area contributed by atoms with Gasteiger partial charge in [0.15, 0.2) is 0 Å². The van der Waals surface area contributed by atoms with Crippen LogP contribution in [0.2, 0.25) is 0 Å². The number of nitrogens with zero attached hydrogens (tertiary/aromatic N) is 1. The lowest BCUT2D eigenvalue weighted by Crippen LogP contribution is -2.37. The Bertz CT molecular complexity index is 635. The lowest BCUT2D eigenvalue weighted by molar-refractivity contribution is 0.0940. The highest BCUT2D eigenvalue weighted by atomic mass is 79.9. The fourth-order valence-electron chi connectivity index (χ4n) is 2.73. The number of aromatic amines is 1. The lowest BCUT2D eigenvalue weighted by Gasteiger charge is -2.19. The Balaban J connectivity index is 1.61. The molecule has 0 saturated carbocycles. The van der Waals surface area contributed by atoms with Crippen LogP contribution in [0.5, 0.6) is 0 Å². The summed E-state index contributed by atoms with van der Waals surface area (Å²) in [5.74, 6) is 0.0106. The van der Waals surface area contributed by atoms with Gasteiger partial charge in [-0.25, -0.2) is 0 Å². The van der Waals surface area contributed by atoms with Crippen LogP contribution in [0.3, 0.4) is 0 Å². The number of nitrogens with one attached hydrogen (secondary N) is 2. The summed E-state index contributed by atoms with van der Waals surface area (Å²) >= 11 is 3.45. The maximum Gasteiger partial charge on any atom is 0.253 e. The standard InChI is InChI=1S/C16H18BrN3O/c1-11-15(6-8-18-11)16(21)19-13-7-9-20(10-13)14-4-2-12(17)3-5-14/h2-6,8,13,18H,7,9-10H2,1H3,(H,19,21)/t13-/m1/s1. The number of hydrogen-bond donors (Lipinski definition) is 2. The number of amides is 1. The van der Waals surface area contributed by atoms with Crippen molar-refractivity contribution in [2.75, 3.05) is 18.0 Å². The second kappa shape index (κ2) is 5.93. The van der Waals surface area contributed by atoms with Gasteiger partial charge in [0.05, 0.1) is 5.56 Å². The summed E-state index contributed by atoms with van der Waals surface area (Å²) in [6.07, 6.45) is 2.78. The van der Waals surface area contributed by atoms with Gasteiger partial charge in [0.1, 0.15) is 0 Å². The summed E-state index contributed by atoms with van der Waals surface area (Å²) in [7, 11) is 0. The van der Waals surface area contributed by atoms with E-state index in [0.29, 0.717) is 0 Å². The Morgan fingerprint density at radius 1 is 1.33 bits per heavy atom. The number of benzene rings is 1. The molecule has 1 aliphatic heterocycles. The van der Waals surface area contributed by atoms with Gasteiger partial charge in [-0.15, -0.1) is 0 Å². The zero-order chi connectivity index (χ0) is 14.8. The first-order valence-corrected chi connectivity index (χ1v) is 7.88. The molecule has 1 aromatic carbocycles. The van der Waals surface area contributed by atoms with Crippen molar-refractivity contribution < 1.29 is 4.79 Å². The predicted molar refractivity (Wildman–Crippen MR) is 87.8 cm³/mol. The second-order valence-corrected chi connectivity index (χ2v) is 6.31.